The summed E-state index contributed by atoms with van der Waals surface area (Å²) in [5.74, 6) is 0. The third-order valence-corrected chi connectivity index (χ3v) is 5.38. The first-order valence-electron chi connectivity index (χ1n) is 6.65. The van der Waals surface area contributed by atoms with Gasteiger partial charge >= 0.3 is 0 Å². The average molecular weight is 380 g/mol. The Morgan fingerprint density at radius 3 is 2.52 bits per heavy atom. The number of fused-ring (bicyclic) bond motifs is 1. The van der Waals surface area contributed by atoms with Crippen LogP contribution in [0.25, 0.3) is 10.8 Å². The van der Waals surface area contributed by atoms with E-state index in [1.54, 1.807) is 0 Å². The molecule has 0 aliphatic carbocycles. The molecule has 0 bridgehead atoms. The van der Waals surface area contributed by atoms with Crippen LogP contribution in [-0.2, 0) is 0 Å². The zero-order valence-electron chi connectivity index (χ0n) is 11.4. The molecule has 1 atom stereocenters. The van der Waals surface area contributed by atoms with Crippen molar-refractivity contribution >= 4 is 49.9 Å². The molecule has 0 radical (unpaired) electrons. The summed E-state index contributed by atoms with van der Waals surface area (Å²) in [6, 6.07) is 18.4. The Balaban J connectivity index is 2.19. The average Bonchev–Trinajstić information content (AvgIpc) is 2.49. The summed E-state index contributed by atoms with van der Waals surface area (Å²) in [7, 11) is 0. The normalized spacial score (nSPS) is 12.6. The highest BCUT2D eigenvalue weighted by Gasteiger charge is 2.17. The van der Waals surface area contributed by atoms with Crippen molar-refractivity contribution in [3.05, 3.63) is 80.8 Å². The van der Waals surface area contributed by atoms with E-state index in [2.05, 4.69) is 47.1 Å². The number of alkyl halides is 1. The molecular formula is C18H13BrCl2. The number of rotatable bonds is 2. The van der Waals surface area contributed by atoms with E-state index in [-0.39, 0.29) is 5.38 Å². The lowest BCUT2D eigenvalue weighted by molar-refractivity contribution is 1.13. The Morgan fingerprint density at radius 1 is 1.00 bits per heavy atom. The maximum atomic E-state index is 6.77. The standard InChI is InChI=1S/C18H13BrCl2/c1-11-6-7-12-4-2-3-5-14(12)17(11)18(21)13-8-9-15(19)16(20)10-13/h2-10,18H,1H3. The molecule has 0 amide bonds. The van der Waals surface area contributed by atoms with Crippen molar-refractivity contribution in [3.63, 3.8) is 0 Å². The van der Waals surface area contributed by atoms with Crippen LogP contribution in [0.15, 0.2) is 59.1 Å². The lowest BCUT2D eigenvalue weighted by Crippen LogP contribution is -1.98. The Bertz CT molecular complexity index is 811. The van der Waals surface area contributed by atoms with E-state index in [4.69, 9.17) is 23.2 Å². The smallest absolute Gasteiger partial charge is 0.0844 e. The van der Waals surface area contributed by atoms with E-state index in [0.717, 1.165) is 15.6 Å². The maximum Gasteiger partial charge on any atom is 0.0844 e. The molecule has 0 aromatic heterocycles. The van der Waals surface area contributed by atoms with Crippen molar-refractivity contribution in [3.8, 4) is 0 Å². The monoisotopic (exact) mass is 378 g/mol. The zero-order valence-corrected chi connectivity index (χ0v) is 14.5. The summed E-state index contributed by atoms with van der Waals surface area (Å²) >= 11 is 16.4. The second-order valence-corrected chi connectivity index (χ2v) is 6.75. The molecule has 0 nitrogen and oxygen atoms in total. The molecule has 3 aromatic carbocycles. The van der Waals surface area contributed by atoms with Crippen molar-refractivity contribution in [2.75, 3.05) is 0 Å². The van der Waals surface area contributed by atoms with Gasteiger partial charge in [0.05, 0.1) is 10.4 Å². The molecule has 0 saturated heterocycles. The van der Waals surface area contributed by atoms with Crippen LogP contribution in [0.4, 0.5) is 0 Å². The van der Waals surface area contributed by atoms with Gasteiger partial charge in [-0.15, -0.1) is 11.6 Å². The summed E-state index contributed by atoms with van der Waals surface area (Å²) < 4.78 is 0.881. The second kappa shape index (κ2) is 6.00. The fourth-order valence-corrected chi connectivity index (χ4v) is 3.44. The maximum absolute atomic E-state index is 6.77. The first kappa shape index (κ1) is 14.9. The lowest BCUT2D eigenvalue weighted by atomic mass is 9.94. The molecule has 3 aromatic rings. The van der Waals surface area contributed by atoms with Crippen molar-refractivity contribution in [1.29, 1.82) is 0 Å². The molecule has 0 saturated carbocycles. The molecule has 0 aliphatic heterocycles. The van der Waals surface area contributed by atoms with E-state index >= 15 is 0 Å². The molecule has 0 fully saturated rings. The topological polar surface area (TPSA) is 0 Å². The van der Waals surface area contributed by atoms with Crippen molar-refractivity contribution in [1.82, 2.24) is 0 Å². The molecule has 3 heteroatoms. The summed E-state index contributed by atoms with van der Waals surface area (Å²) in [4.78, 5) is 0. The quantitative estimate of drug-likeness (QED) is 0.425. The highest BCUT2D eigenvalue weighted by Crippen LogP contribution is 2.38. The largest absolute Gasteiger partial charge is 0.113 e. The molecule has 0 spiro atoms. The molecule has 21 heavy (non-hydrogen) atoms. The minimum atomic E-state index is -0.221. The van der Waals surface area contributed by atoms with Crippen LogP contribution >= 0.6 is 39.1 Å². The van der Waals surface area contributed by atoms with Crippen LogP contribution in [0, 0.1) is 6.92 Å². The predicted molar refractivity (Wildman–Crippen MR) is 95.5 cm³/mol. The third kappa shape index (κ3) is 2.83. The third-order valence-electron chi connectivity index (χ3n) is 3.68. The number of aryl methyl sites for hydroxylation is 1. The minimum Gasteiger partial charge on any atom is -0.113 e. The van der Waals surface area contributed by atoms with Gasteiger partial charge in [0.1, 0.15) is 0 Å². The Hall–Kier alpha value is -1.02. The number of hydrogen-bond donors (Lipinski definition) is 0. The van der Waals surface area contributed by atoms with Crippen molar-refractivity contribution in [2.45, 2.75) is 12.3 Å². The van der Waals surface area contributed by atoms with Gasteiger partial charge in [0, 0.05) is 4.47 Å². The van der Waals surface area contributed by atoms with Crippen LogP contribution in [-0.4, -0.2) is 0 Å². The zero-order chi connectivity index (χ0) is 15.0. The Morgan fingerprint density at radius 2 is 1.76 bits per heavy atom. The van der Waals surface area contributed by atoms with Gasteiger partial charge in [-0.1, -0.05) is 54.1 Å². The Labute approximate surface area is 142 Å². The molecule has 106 valence electrons. The Kier molecular flexibility index (Phi) is 4.26. The van der Waals surface area contributed by atoms with Gasteiger partial charge in [-0.2, -0.15) is 0 Å². The minimum absolute atomic E-state index is 0.221. The predicted octanol–water partition coefficient (Wildman–Crippen LogP) is 6.89. The summed E-state index contributed by atoms with van der Waals surface area (Å²) in [6.07, 6.45) is 0. The fraction of sp³-hybridized carbons (Fsp3) is 0.111. The molecule has 1 unspecified atom stereocenters. The van der Waals surface area contributed by atoms with Crippen molar-refractivity contribution < 1.29 is 0 Å². The van der Waals surface area contributed by atoms with Gasteiger partial charge in [-0.25, -0.2) is 0 Å². The summed E-state index contributed by atoms with van der Waals surface area (Å²) in [6.45, 7) is 2.09. The van der Waals surface area contributed by atoms with Crippen LogP contribution in [0.2, 0.25) is 5.02 Å². The van der Waals surface area contributed by atoms with Gasteiger partial charge < -0.3 is 0 Å². The first-order chi connectivity index (χ1) is 10.1. The van der Waals surface area contributed by atoms with E-state index in [9.17, 15) is 0 Å². The molecule has 3 rings (SSSR count). The van der Waals surface area contributed by atoms with Gasteiger partial charge in [0.25, 0.3) is 0 Å². The van der Waals surface area contributed by atoms with Crippen LogP contribution < -0.4 is 0 Å². The van der Waals surface area contributed by atoms with Crippen molar-refractivity contribution in [2.24, 2.45) is 0 Å². The highest BCUT2D eigenvalue weighted by atomic mass is 79.9. The van der Waals surface area contributed by atoms with Crippen LogP contribution in [0.3, 0.4) is 0 Å². The van der Waals surface area contributed by atoms with E-state index in [0.29, 0.717) is 5.02 Å². The van der Waals surface area contributed by atoms with Gasteiger partial charge in [-0.3, -0.25) is 0 Å². The second-order valence-electron chi connectivity index (χ2n) is 5.05. The van der Waals surface area contributed by atoms with Gasteiger partial charge in [-0.05, 0) is 62.4 Å². The van der Waals surface area contributed by atoms with E-state index < -0.39 is 0 Å². The van der Waals surface area contributed by atoms with E-state index in [1.807, 2.05) is 30.3 Å². The molecule has 0 heterocycles. The molecule has 0 aliphatic rings. The lowest BCUT2D eigenvalue weighted by Gasteiger charge is -2.17. The number of hydrogen-bond acceptors (Lipinski definition) is 0. The fourth-order valence-electron chi connectivity index (χ4n) is 2.58. The van der Waals surface area contributed by atoms with Crippen LogP contribution in [0.1, 0.15) is 22.1 Å². The molecular weight excluding hydrogens is 367 g/mol. The SMILES string of the molecule is Cc1ccc2ccccc2c1C(Cl)c1ccc(Br)c(Cl)c1. The number of benzene rings is 3. The summed E-state index contributed by atoms with van der Waals surface area (Å²) in [5.41, 5.74) is 3.34. The number of halogens is 3. The highest BCUT2D eigenvalue weighted by molar-refractivity contribution is 9.10. The summed E-state index contributed by atoms with van der Waals surface area (Å²) in [5, 5.41) is 2.85. The van der Waals surface area contributed by atoms with Crippen LogP contribution in [0.5, 0.6) is 0 Å². The van der Waals surface area contributed by atoms with Gasteiger partial charge in [0.15, 0.2) is 0 Å². The van der Waals surface area contributed by atoms with E-state index in [1.165, 1.54) is 16.3 Å². The first-order valence-corrected chi connectivity index (χ1v) is 8.26. The van der Waals surface area contributed by atoms with Gasteiger partial charge in [0.2, 0.25) is 0 Å². The molecule has 0 N–H and O–H groups in total.